The molecule has 1 aliphatic rings. The number of hydrogen-bond acceptors (Lipinski definition) is 4. The van der Waals surface area contributed by atoms with Crippen molar-refractivity contribution in [2.45, 2.75) is 25.7 Å². The van der Waals surface area contributed by atoms with Crippen molar-refractivity contribution in [3.8, 4) is 0 Å². The van der Waals surface area contributed by atoms with Gasteiger partial charge in [0.1, 0.15) is 17.0 Å². The Labute approximate surface area is 116 Å². The summed E-state index contributed by atoms with van der Waals surface area (Å²) < 4.78 is 0. The summed E-state index contributed by atoms with van der Waals surface area (Å²) in [6, 6.07) is 2.07. The van der Waals surface area contributed by atoms with Crippen molar-refractivity contribution >= 4 is 39.0 Å². The molecule has 3 nitrogen and oxygen atoms in total. The van der Waals surface area contributed by atoms with Crippen molar-refractivity contribution in [1.29, 1.82) is 0 Å². The predicted octanol–water partition coefficient (Wildman–Crippen LogP) is 3.90. The Kier molecular flexibility index (Phi) is 3.39. The van der Waals surface area contributed by atoms with E-state index < -0.39 is 0 Å². The van der Waals surface area contributed by atoms with Gasteiger partial charge >= 0.3 is 0 Å². The highest BCUT2D eigenvalue weighted by atomic mass is 35.5. The number of halogens is 1. The summed E-state index contributed by atoms with van der Waals surface area (Å²) in [7, 11) is 0. The lowest BCUT2D eigenvalue weighted by molar-refractivity contribution is 0.368. The molecule has 3 rings (SSSR count). The van der Waals surface area contributed by atoms with Gasteiger partial charge in [-0.2, -0.15) is 0 Å². The highest BCUT2D eigenvalue weighted by Gasteiger charge is 2.32. The van der Waals surface area contributed by atoms with Crippen molar-refractivity contribution in [3.05, 3.63) is 17.8 Å². The van der Waals surface area contributed by atoms with Crippen LogP contribution in [0.5, 0.6) is 0 Å². The summed E-state index contributed by atoms with van der Waals surface area (Å²) in [5.41, 5.74) is 0.259. The maximum atomic E-state index is 6.16. The molecule has 1 fully saturated rings. The van der Waals surface area contributed by atoms with Crippen LogP contribution in [0, 0.1) is 5.41 Å². The van der Waals surface area contributed by atoms with Crippen LogP contribution < -0.4 is 5.32 Å². The highest BCUT2D eigenvalue weighted by molar-refractivity contribution is 7.16. The van der Waals surface area contributed by atoms with E-state index in [0.717, 1.165) is 28.5 Å². The molecule has 0 bridgehead atoms. The fraction of sp³-hybridized carbons (Fsp3) is 0.538. The second-order valence-corrected chi connectivity index (χ2v) is 6.22. The van der Waals surface area contributed by atoms with Gasteiger partial charge in [-0.15, -0.1) is 22.9 Å². The molecule has 2 heterocycles. The third-order valence-electron chi connectivity index (χ3n) is 3.84. The molecule has 0 aliphatic heterocycles. The zero-order valence-corrected chi connectivity index (χ0v) is 11.7. The van der Waals surface area contributed by atoms with Gasteiger partial charge in [0.05, 0.1) is 5.39 Å². The Bertz CT molecular complexity index is 534. The topological polar surface area (TPSA) is 37.8 Å². The minimum Gasteiger partial charge on any atom is -0.369 e. The summed E-state index contributed by atoms with van der Waals surface area (Å²) in [6.07, 6.45) is 6.67. The Morgan fingerprint density at radius 1 is 1.33 bits per heavy atom. The first-order chi connectivity index (χ1) is 8.83. The van der Waals surface area contributed by atoms with E-state index in [2.05, 4.69) is 26.7 Å². The Balaban J connectivity index is 1.78. The number of alkyl halides is 1. The first-order valence-electron chi connectivity index (χ1n) is 6.31. The largest absolute Gasteiger partial charge is 0.369 e. The maximum Gasteiger partial charge on any atom is 0.138 e. The molecule has 0 radical (unpaired) electrons. The van der Waals surface area contributed by atoms with E-state index in [-0.39, 0.29) is 5.41 Å². The minimum atomic E-state index is 0.259. The molecule has 18 heavy (non-hydrogen) atoms. The summed E-state index contributed by atoms with van der Waals surface area (Å²) in [5, 5.41) is 6.65. The molecular weight excluding hydrogens is 266 g/mol. The molecule has 1 N–H and O–H groups in total. The summed E-state index contributed by atoms with van der Waals surface area (Å²) in [5.74, 6) is 1.68. The number of rotatable bonds is 4. The zero-order chi connectivity index (χ0) is 12.4. The standard InChI is InChI=1S/C13H16ClN3S/c14-7-13(4-1-2-5-13)8-15-11-10-3-6-18-12(10)17-9-16-11/h3,6,9H,1-2,4-5,7-8H2,(H,15,16,17). The van der Waals surface area contributed by atoms with Crippen LogP contribution >= 0.6 is 22.9 Å². The molecule has 0 unspecified atom stereocenters. The van der Waals surface area contributed by atoms with E-state index in [4.69, 9.17) is 11.6 Å². The number of hydrogen-bond donors (Lipinski definition) is 1. The van der Waals surface area contributed by atoms with Crippen molar-refractivity contribution in [1.82, 2.24) is 9.97 Å². The van der Waals surface area contributed by atoms with E-state index in [1.165, 1.54) is 25.7 Å². The Morgan fingerprint density at radius 2 is 2.17 bits per heavy atom. The summed E-state index contributed by atoms with van der Waals surface area (Å²) in [4.78, 5) is 9.65. The van der Waals surface area contributed by atoms with Gasteiger partial charge in [-0.05, 0) is 24.3 Å². The van der Waals surface area contributed by atoms with Crippen LogP contribution in [0.3, 0.4) is 0 Å². The molecule has 0 aromatic carbocycles. The van der Waals surface area contributed by atoms with Crippen molar-refractivity contribution < 1.29 is 0 Å². The smallest absolute Gasteiger partial charge is 0.138 e. The molecule has 5 heteroatoms. The van der Waals surface area contributed by atoms with Gasteiger partial charge < -0.3 is 5.32 Å². The van der Waals surface area contributed by atoms with Gasteiger partial charge in [0, 0.05) is 17.8 Å². The third kappa shape index (κ3) is 2.19. The molecule has 96 valence electrons. The molecule has 2 aromatic heterocycles. The number of fused-ring (bicyclic) bond motifs is 1. The lowest BCUT2D eigenvalue weighted by Crippen LogP contribution is -2.28. The quantitative estimate of drug-likeness (QED) is 0.864. The van der Waals surface area contributed by atoms with E-state index >= 15 is 0 Å². The Morgan fingerprint density at radius 3 is 2.94 bits per heavy atom. The van der Waals surface area contributed by atoms with E-state index in [9.17, 15) is 0 Å². The number of anilines is 1. The zero-order valence-electron chi connectivity index (χ0n) is 10.2. The monoisotopic (exact) mass is 281 g/mol. The first-order valence-corrected chi connectivity index (χ1v) is 7.72. The highest BCUT2D eigenvalue weighted by Crippen LogP contribution is 2.39. The van der Waals surface area contributed by atoms with Crippen LogP contribution in [-0.2, 0) is 0 Å². The summed E-state index contributed by atoms with van der Waals surface area (Å²) >= 11 is 7.80. The van der Waals surface area contributed by atoms with Crippen molar-refractivity contribution in [2.75, 3.05) is 17.7 Å². The average molecular weight is 282 g/mol. The van der Waals surface area contributed by atoms with Gasteiger partial charge in [0.25, 0.3) is 0 Å². The van der Waals surface area contributed by atoms with E-state index in [0.29, 0.717) is 0 Å². The second-order valence-electron chi connectivity index (χ2n) is 5.06. The van der Waals surface area contributed by atoms with Gasteiger partial charge in [-0.25, -0.2) is 9.97 Å². The van der Waals surface area contributed by atoms with Crippen LogP contribution in [0.2, 0.25) is 0 Å². The molecule has 0 saturated heterocycles. The van der Waals surface area contributed by atoms with Gasteiger partial charge in [0.15, 0.2) is 0 Å². The molecular formula is C13H16ClN3S. The SMILES string of the molecule is ClCC1(CNc2ncnc3sccc23)CCCC1. The number of nitrogens with zero attached hydrogens (tertiary/aromatic N) is 2. The van der Waals surface area contributed by atoms with Gasteiger partial charge in [-0.3, -0.25) is 0 Å². The van der Waals surface area contributed by atoms with E-state index in [1.54, 1.807) is 17.7 Å². The third-order valence-corrected chi connectivity index (χ3v) is 5.23. The molecule has 1 saturated carbocycles. The summed E-state index contributed by atoms with van der Waals surface area (Å²) in [6.45, 7) is 0.915. The lowest BCUT2D eigenvalue weighted by atomic mass is 9.88. The minimum absolute atomic E-state index is 0.259. The van der Waals surface area contributed by atoms with Crippen molar-refractivity contribution in [3.63, 3.8) is 0 Å². The Hall–Kier alpha value is -0.870. The maximum absolute atomic E-state index is 6.16. The predicted molar refractivity (Wildman–Crippen MR) is 77.5 cm³/mol. The van der Waals surface area contributed by atoms with Crippen molar-refractivity contribution in [2.24, 2.45) is 5.41 Å². The molecule has 2 aromatic rings. The molecule has 1 aliphatic carbocycles. The van der Waals surface area contributed by atoms with Gasteiger partial charge in [0.2, 0.25) is 0 Å². The van der Waals surface area contributed by atoms with E-state index in [1.807, 2.05) is 0 Å². The van der Waals surface area contributed by atoms with Crippen LogP contribution in [0.1, 0.15) is 25.7 Å². The fourth-order valence-electron chi connectivity index (χ4n) is 2.68. The molecule has 0 amide bonds. The fourth-order valence-corrected chi connectivity index (χ4v) is 3.78. The van der Waals surface area contributed by atoms with Crippen LogP contribution in [0.25, 0.3) is 10.2 Å². The molecule has 0 atom stereocenters. The first kappa shape index (κ1) is 12.2. The van der Waals surface area contributed by atoms with Crippen LogP contribution in [0.4, 0.5) is 5.82 Å². The lowest BCUT2D eigenvalue weighted by Gasteiger charge is -2.26. The second kappa shape index (κ2) is 5.02. The van der Waals surface area contributed by atoms with Crippen LogP contribution in [0.15, 0.2) is 17.8 Å². The number of aromatic nitrogens is 2. The van der Waals surface area contributed by atoms with Crippen LogP contribution in [-0.4, -0.2) is 22.4 Å². The molecule has 0 spiro atoms. The number of thiophene rings is 1. The van der Waals surface area contributed by atoms with Gasteiger partial charge in [-0.1, -0.05) is 12.8 Å². The average Bonchev–Trinajstić information content (AvgIpc) is 3.06. The number of nitrogens with one attached hydrogen (secondary N) is 1. The normalized spacial score (nSPS) is 18.3.